The van der Waals surface area contributed by atoms with Crippen LogP contribution < -0.4 is 11.1 Å². The van der Waals surface area contributed by atoms with Gasteiger partial charge in [0.05, 0.1) is 11.5 Å². The van der Waals surface area contributed by atoms with Crippen molar-refractivity contribution in [3.63, 3.8) is 0 Å². The Labute approximate surface area is 125 Å². The highest BCUT2D eigenvalue weighted by Gasteiger charge is 2.29. The highest BCUT2D eigenvalue weighted by atomic mass is 16.4. The van der Waals surface area contributed by atoms with Crippen molar-refractivity contribution in [2.75, 3.05) is 5.32 Å². The smallest absolute Gasteiger partial charge is 0.313 e. The molecule has 0 spiro atoms. The van der Waals surface area contributed by atoms with Gasteiger partial charge in [-0.1, -0.05) is 31.9 Å². The molecule has 1 rings (SSSR count). The van der Waals surface area contributed by atoms with Crippen LogP contribution in [0.1, 0.15) is 45.6 Å². The first-order valence-corrected chi connectivity index (χ1v) is 7.19. The molecule has 0 radical (unpaired) electrons. The third-order valence-electron chi connectivity index (χ3n) is 3.61. The molecule has 0 aliphatic carbocycles. The molecule has 1 aromatic rings. The quantitative estimate of drug-likeness (QED) is 0.720. The minimum atomic E-state index is -0.958. The Kier molecular flexibility index (Phi) is 5.90. The van der Waals surface area contributed by atoms with Crippen LogP contribution in [0.25, 0.3) is 0 Å². The number of rotatable bonds is 7. The Morgan fingerprint density at radius 1 is 1.29 bits per heavy atom. The molecule has 5 heteroatoms. The van der Waals surface area contributed by atoms with Crippen molar-refractivity contribution >= 4 is 17.6 Å². The molecule has 0 heterocycles. The first-order chi connectivity index (χ1) is 9.78. The predicted octanol–water partition coefficient (Wildman–Crippen LogP) is 2.50. The molecule has 21 heavy (non-hydrogen) atoms. The van der Waals surface area contributed by atoms with Crippen molar-refractivity contribution in [1.29, 1.82) is 0 Å². The Hall–Kier alpha value is -1.88. The van der Waals surface area contributed by atoms with Crippen LogP contribution in [0, 0.1) is 0 Å². The van der Waals surface area contributed by atoms with Crippen molar-refractivity contribution in [2.24, 2.45) is 5.73 Å². The van der Waals surface area contributed by atoms with E-state index in [0.717, 1.165) is 12.8 Å². The van der Waals surface area contributed by atoms with Crippen LogP contribution in [-0.2, 0) is 15.0 Å². The SMILES string of the molecule is CCCCC(N)C(=O)Nc1ccc(C(C)(C)C(=O)O)cc1. The summed E-state index contributed by atoms with van der Waals surface area (Å²) >= 11 is 0. The standard InChI is InChI=1S/C16H24N2O3/c1-4-5-6-13(17)14(19)18-12-9-7-11(8-10-12)16(2,3)15(20)21/h7-10,13H,4-6,17H2,1-3H3,(H,18,19)(H,20,21). The summed E-state index contributed by atoms with van der Waals surface area (Å²) in [7, 11) is 0. The monoisotopic (exact) mass is 292 g/mol. The van der Waals surface area contributed by atoms with Crippen LogP contribution in [0.2, 0.25) is 0 Å². The first-order valence-electron chi connectivity index (χ1n) is 7.19. The molecule has 0 aliphatic rings. The lowest BCUT2D eigenvalue weighted by molar-refractivity contribution is -0.142. The number of carboxylic acid groups (broad SMARTS) is 1. The van der Waals surface area contributed by atoms with Crippen molar-refractivity contribution < 1.29 is 14.7 Å². The average Bonchev–Trinajstić information content (AvgIpc) is 2.45. The van der Waals surface area contributed by atoms with Crippen LogP contribution >= 0.6 is 0 Å². The summed E-state index contributed by atoms with van der Waals surface area (Å²) in [6.07, 6.45) is 2.58. The number of aliphatic carboxylic acids is 1. The van der Waals surface area contributed by atoms with Gasteiger partial charge in [-0.15, -0.1) is 0 Å². The number of unbranched alkanes of at least 4 members (excludes halogenated alkanes) is 1. The van der Waals surface area contributed by atoms with E-state index in [1.54, 1.807) is 38.1 Å². The fourth-order valence-electron chi connectivity index (χ4n) is 1.88. The zero-order chi connectivity index (χ0) is 16.0. The fraction of sp³-hybridized carbons (Fsp3) is 0.500. The number of benzene rings is 1. The fourth-order valence-corrected chi connectivity index (χ4v) is 1.88. The van der Waals surface area contributed by atoms with E-state index in [2.05, 4.69) is 5.32 Å². The van der Waals surface area contributed by atoms with Gasteiger partial charge in [-0.25, -0.2) is 0 Å². The minimum Gasteiger partial charge on any atom is -0.481 e. The van der Waals surface area contributed by atoms with Gasteiger partial charge in [-0.05, 0) is 38.0 Å². The Balaban J connectivity index is 2.71. The summed E-state index contributed by atoms with van der Waals surface area (Å²) in [4.78, 5) is 23.1. The van der Waals surface area contributed by atoms with Gasteiger partial charge in [0, 0.05) is 5.69 Å². The number of carbonyl (C=O) groups is 2. The molecule has 0 aliphatic heterocycles. The van der Waals surface area contributed by atoms with Gasteiger partial charge in [0.2, 0.25) is 5.91 Å². The number of anilines is 1. The van der Waals surface area contributed by atoms with Gasteiger partial charge < -0.3 is 16.2 Å². The Bertz CT molecular complexity index is 495. The second-order valence-corrected chi connectivity index (χ2v) is 5.75. The number of amides is 1. The van der Waals surface area contributed by atoms with E-state index in [0.29, 0.717) is 17.7 Å². The zero-order valence-electron chi connectivity index (χ0n) is 12.8. The molecule has 0 saturated carbocycles. The van der Waals surface area contributed by atoms with Gasteiger partial charge in [-0.2, -0.15) is 0 Å². The summed E-state index contributed by atoms with van der Waals surface area (Å²) in [5, 5.41) is 11.9. The molecule has 116 valence electrons. The lowest BCUT2D eigenvalue weighted by atomic mass is 9.85. The summed E-state index contributed by atoms with van der Waals surface area (Å²) < 4.78 is 0. The maximum Gasteiger partial charge on any atom is 0.313 e. The first kappa shape index (κ1) is 17.2. The molecule has 0 fully saturated rings. The van der Waals surface area contributed by atoms with E-state index in [1.165, 1.54) is 0 Å². The summed E-state index contributed by atoms with van der Waals surface area (Å²) in [5.41, 5.74) is 6.15. The molecule has 1 aromatic carbocycles. The summed E-state index contributed by atoms with van der Waals surface area (Å²) in [6.45, 7) is 5.33. The molecular formula is C16H24N2O3. The molecule has 1 unspecified atom stereocenters. The van der Waals surface area contributed by atoms with E-state index in [1.807, 2.05) is 6.92 Å². The number of carbonyl (C=O) groups excluding carboxylic acids is 1. The van der Waals surface area contributed by atoms with Gasteiger partial charge in [0.25, 0.3) is 0 Å². The number of hydrogen-bond donors (Lipinski definition) is 3. The van der Waals surface area contributed by atoms with Crippen molar-refractivity contribution in [3.05, 3.63) is 29.8 Å². The maximum absolute atomic E-state index is 11.9. The molecule has 0 bridgehead atoms. The minimum absolute atomic E-state index is 0.214. The largest absolute Gasteiger partial charge is 0.481 e. The molecular weight excluding hydrogens is 268 g/mol. The van der Waals surface area contributed by atoms with Gasteiger partial charge in [0.1, 0.15) is 0 Å². The van der Waals surface area contributed by atoms with E-state index < -0.39 is 17.4 Å². The number of nitrogens with one attached hydrogen (secondary N) is 1. The van der Waals surface area contributed by atoms with Gasteiger partial charge in [0.15, 0.2) is 0 Å². The highest BCUT2D eigenvalue weighted by Crippen LogP contribution is 2.24. The predicted molar refractivity (Wildman–Crippen MR) is 83.2 cm³/mol. The summed E-state index contributed by atoms with van der Waals surface area (Å²) in [6, 6.07) is 6.30. The highest BCUT2D eigenvalue weighted by molar-refractivity contribution is 5.94. The topological polar surface area (TPSA) is 92.4 Å². The van der Waals surface area contributed by atoms with E-state index in [-0.39, 0.29) is 5.91 Å². The third-order valence-corrected chi connectivity index (χ3v) is 3.61. The number of carboxylic acids is 1. The molecule has 0 saturated heterocycles. The van der Waals surface area contributed by atoms with E-state index >= 15 is 0 Å². The number of nitrogens with two attached hydrogens (primary N) is 1. The molecule has 1 amide bonds. The van der Waals surface area contributed by atoms with Crippen LogP contribution in [0.5, 0.6) is 0 Å². The average molecular weight is 292 g/mol. The van der Waals surface area contributed by atoms with Gasteiger partial charge >= 0.3 is 5.97 Å². The van der Waals surface area contributed by atoms with Crippen LogP contribution in [0.3, 0.4) is 0 Å². The Morgan fingerprint density at radius 3 is 2.33 bits per heavy atom. The second-order valence-electron chi connectivity index (χ2n) is 5.75. The molecule has 4 N–H and O–H groups in total. The second kappa shape index (κ2) is 7.22. The molecule has 1 atom stereocenters. The lowest BCUT2D eigenvalue weighted by Crippen LogP contribution is -2.35. The molecule has 0 aromatic heterocycles. The van der Waals surface area contributed by atoms with Crippen LogP contribution in [0.4, 0.5) is 5.69 Å². The maximum atomic E-state index is 11.9. The third kappa shape index (κ3) is 4.56. The Morgan fingerprint density at radius 2 is 1.86 bits per heavy atom. The molecule has 5 nitrogen and oxygen atoms in total. The van der Waals surface area contributed by atoms with E-state index in [9.17, 15) is 14.7 Å². The summed E-state index contributed by atoms with van der Waals surface area (Å²) in [5.74, 6) is -1.10. The van der Waals surface area contributed by atoms with Crippen molar-refractivity contribution in [2.45, 2.75) is 51.5 Å². The lowest BCUT2D eigenvalue weighted by Gasteiger charge is -2.20. The van der Waals surface area contributed by atoms with Crippen molar-refractivity contribution in [3.8, 4) is 0 Å². The van der Waals surface area contributed by atoms with E-state index in [4.69, 9.17) is 5.73 Å². The normalized spacial score (nSPS) is 12.8. The number of hydrogen-bond acceptors (Lipinski definition) is 3. The van der Waals surface area contributed by atoms with Crippen molar-refractivity contribution in [1.82, 2.24) is 0 Å². The van der Waals surface area contributed by atoms with Crippen LogP contribution in [0.15, 0.2) is 24.3 Å². The van der Waals surface area contributed by atoms with Crippen LogP contribution in [-0.4, -0.2) is 23.0 Å². The van der Waals surface area contributed by atoms with Gasteiger partial charge in [-0.3, -0.25) is 9.59 Å². The zero-order valence-corrected chi connectivity index (χ0v) is 12.8.